The normalized spacial score (nSPS) is 18.6. The van der Waals surface area contributed by atoms with Gasteiger partial charge in [0.2, 0.25) is 17.7 Å². The number of piperidine rings is 2. The number of nitrogens with one attached hydrogen (secondary N) is 1. The largest absolute Gasteiger partial charge is 0.445 e. The summed E-state index contributed by atoms with van der Waals surface area (Å²) in [6.07, 6.45) is 2.13. The number of rotatable bonds is 6. The predicted octanol–water partition coefficient (Wildman–Crippen LogP) is 0.772. The van der Waals surface area contributed by atoms with Gasteiger partial charge in [0, 0.05) is 26.1 Å². The molecule has 3 rings (SSSR count). The van der Waals surface area contributed by atoms with Crippen LogP contribution in [0.4, 0.5) is 4.79 Å². The number of nitrogens with zero attached hydrogens (tertiary/aromatic N) is 2. The molecule has 1 aromatic rings. The summed E-state index contributed by atoms with van der Waals surface area (Å²) in [5, 5.41) is 2.56. The van der Waals surface area contributed by atoms with E-state index in [0.717, 1.165) is 18.4 Å². The minimum Gasteiger partial charge on any atom is -0.445 e. The van der Waals surface area contributed by atoms with Crippen molar-refractivity contribution >= 4 is 23.8 Å². The standard InChI is InChI=1S/C21H28N4O5/c22-17(26)14-23-19(28)21(25-11-5-4-8-18(25)27)9-12-24(13-10-21)20(29)30-15-16-6-2-1-3-7-16/h1-3,6-7H,4-5,8-15H2,(H2,22,26)(H,23,28). The van der Waals surface area contributed by atoms with E-state index in [9.17, 15) is 19.2 Å². The van der Waals surface area contributed by atoms with Gasteiger partial charge in [0.1, 0.15) is 12.1 Å². The molecule has 0 saturated carbocycles. The molecule has 162 valence electrons. The van der Waals surface area contributed by atoms with Crippen LogP contribution in [0.2, 0.25) is 0 Å². The number of carbonyl (C=O) groups is 4. The third-order valence-electron chi connectivity index (χ3n) is 5.74. The number of benzene rings is 1. The van der Waals surface area contributed by atoms with E-state index in [0.29, 0.717) is 13.0 Å². The Hall–Kier alpha value is -3.10. The Morgan fingerprint density at radius 2 is 1.77 bits per heavy atom. The van der Waals surface area contributed by atoms with E-state index >= 15 is 0 Å². The maximum absolute atomic E-state index is 13.0. The molecule has 0 aliphatic carbocycles. The van der Waals surface area contributed by atoms with Gasteiger partial charge in [-0.3, -0.25) is 14.4 Å². The molecular formula is C21H28N4O5. The Balaban J connectivity index is 1.65. The van der Waals surface area contributed by atoms with Crippen LogP contribution in [0.25, 0.3) is 0 Å². The number of primary amides is 1. The fraction of sp³-hybridized carbons (Fsp3) is 0.524. The van der Waals surface area contributed by atoms with Gasteiger partial charge in [-0.1, -0.05) is 30.3 Å². The molecule has 2 aliphatic rings. The maximum atomic E-state index is 13.0. The average molecular weight is 416 g/mol. The first-order chi connectivity index (χ1) is 14.4. The number of ether oxygens (including phenoxy) is 1. The van der Waals surface area contributed by atoms with E-state index < -0.39 is 23.4 Å². The van der Waals surface area contributed by atoms with Crippen molar-refractivity contribution in [3.05, 3.63) is 35.9 Å². The zero-order chi connectivity index (χ0) is 21.6. The molecule has 4 amide bonds. The van der Waals surface area contributed by atoms with E-state index in [2.05, 4.69) is 5.32 Å². The molecule has 2 heterocycles. The molecule has 0 bridgehead atoms. The van der Waals surface area contributed by atoms with Crippen LogP contribution < -0.4 is 11.1 Å². The molecule has 0 atom stereocenters. The van der Waals surface area contributed by atoms with Crippen molar-refractivity contribution in [1.29, 1.82) is 0 Å². The molecule has 3 N–H and O–H groups in total. The minimum atomic E-state index is -1.08. The molecule has 0 radical (unpaired) electrons. The van der Waals surface area contributed by atoms with Gasteiger partial charge in [0.15, 0.2) is 0 Å². The number of amides is 4. The second-order valence-corrected chi connectivity index (χ2v) is 7.71. The highest BCUT2D eigenvalue weighted by atomic mass is 16.6. The second kappa shape index (κ2) is 9.60. The Morgan fingerprint density at radius 1 is 1.07 bits per heavy atom. The molecule has 0 unspecified atom stereocenters. The highest BCUT2D eigenvalue weighted by Gasteiger charge is 2.49. The molecule has 9 heteroatoms. The van der Waals surface area contributed by atoms with Gasteiger partial charge in [0.25, 0.3) is 0 Å². The van der Waals surface area contributed by atoms with E-state index in [1.807, 2.05) is 30.3 Å². The van der Waals surface area contributed by atoms with E-state index in [1.54, 1.807) is 9.80 Å². The summed E-state index contributed by atoms with van der Waals surface area (Å²) < 4.78 is 5.39. The van der Waals surface area contributed by atoms with E-state index in [1.165, 1.54) is 0 Å². The summed E-state index contributed by atoms with van der Waals surface area (Å²) in [5.41, 5.74) is 4.97. The smallest absolute Gasteiger partial charge is 0.410 e. The Labute approximate surface area is 175 Å². The molecule has 9 nitrogen and oxygen atoms in total. The molecule has 2 saturated heterocycles. The SMILES string of the molecule is NC(=O)CNC(=O)C1(N2CCCCC2=O)CCN(C(=O)OCc2ccccc2)CC1. The summed E-state index contributed by atoms with van der Waals surface area (Å²) in [5.74, 6) is -1.12. The van der Waals surface area contributed by atoms with Crippen molar-refractivity contribution in [3.63, 3.8) is 0 Å². The fourth-order valence-corrected chi connectivity index (χ4v) is 4.08. The van der Waals surface area contributed by atoms with Crippen molar-refractivity contribution < 1.29 is 23.9 Å². The second-order valence-electron chi connectivity index (χ2n) is 7.71. The highest BCUT2D eigenvalue weighted by molar-refractivity contribution is 5.94. The van der Waals surface area contributed by atoms with Crippen LogP contribution in [0.1, 0.15) is 37.7 Å². The van der Waals surface area contributed by atoms with Crippen LogP contribution in [0.15, 0.2) is 30.3 Å². The lowest BCUT2D eigenvalue weighted by atomic mass is 9.83. The Kier molecular flexibility index (Phi) is 6.91. The lowest BCUT2D eigenvalue weighted by Crippen LogP contribution is -2.66. The highest BCUT2D eigenvalue weighted by Crippen LogP contribution is 2.33. The van der Waals surface area contributed by atoms with Gasteiger partial charge in [-0.2, -0.15) is 0 Å². The van der Waals surface area contributed by atoms with Crippen LogP contribution in [0.5, 0.6) is 0 Å². The Morgan fingerprint density at radius 3 is 2.40 bits per heavy atom. The summed E-state index contributed by atoms with van der Waals surface area (Å²) in [6.45, 7) is 0.931. The summed E-state index contributed by atoms with van der Waals surface area (Å²) >= 11 is 0. The first kappa shape index (κ1) is 21.6. The molecule has 2 aliphatic heterocycles. The van der Waals surface area contributed by atoms with Crippen molar-refractivity contribution in [1.82, 2.24) is 15.1 Å². The van der Waals surface area contributed by atoms with Gasteiger partial charge in [0.05, 0.1) is 6.54 Å². The van der Waals surface area contributed by atoms with Crippen LogP contribution in [0, 0.1) is 0 Å². The van der Waals surface area contributed by atoms with Crippen LogP contribution in [-0.4, -0.2) is 65.3 Å². The lowest BCUT2D eigenvalue weighted by molar-refractivity contribution is -0.153. The van der Waals surface area contributed by atoms with Crippen molar-refractivity contribution in [2.75, 3.05) is 26.2 Å². The molecule has 1 aromatic carbocycles. The first-order valence-corrected chi connectivity index (χ1v) is 10.2. The number of nitrogens with two attached hydrogens (primary N) is 1. The Bertz CT molecular complexity index is 790. The monoisotopic (exact) mass is 416 g/mol. The van der Waals surface area contributed by atoms with Gasteiger partial charge in [-0.05, 0) is 31.2 Å². The van der Waals surface area contributed by atoms with Gasteiger partial charge in [-0.15, -0.1) is 0 Å². The minimum absolute atomic E-state index is 0.0735. The summed E-state index contributed by atoms with van der Waals surface area (Å²) in [7, 11) is 0. The van der Waals surface area contributed by atoms with Crippen LogP contribution >= 0.6 is 0 Å². The molecular weight excluding hydrogens is 388 g/mol. The summed E-state index contributed by atoms with van der Waals surface area (Å²) in [6, 6.07) is 9.39. The third-order valence-corrected chi connectivity index (χ3v) is 5.74. The molecule has 0 aromatic heterocycles. The summed E-state index contributed by atoms with van der Waals surface area (Å²) in [4.78, 5) is 52.3. The quantitative estimate of drug-likeness (QED) is 0.709. The first-order valence-electron chi connectivity index (χ1n) is 10.2. The third kappa shape index (κ3) is 4.90. The van der Waals surface area contributed by atoms with Gasteiger partial charge < -0.3 is 25.6 Å². The van der Waals surface area contributed by atoms with Crippen molar-refractivity contribution in [2.45, 2.75) is 44.2 Å². The van der Waals surface area contributed by atoms with Gasteiger partial charge >= 0.3 is 6.09 Å². The molecule has 2 fully saturated rings. The van der Waals surface area contributed by atoms with Crippen LogP contribution in [-0.2, 0) is 25.7 Å². The maximum Gasteiger partial charge on any atom is 0.410 e. The zero-order valence-electron chi connectivity index (χ0n) is 17.0. The fourth-order valence-electron chi connectivity index (χ4n) is 4.08. The number of carbonyl (C=O) groups excluding carboxylic acids is 4. The number of likely N-dealkylation sites (tertiary alicyclic amines) is 2. The zero-order valence-corrected chi connectivity index (χ0v) is 17.0. The lowest BCUT2D eigenvalue weighted by Gasteiger charge is -2.48. The van der Waals surface area contributed by atoms with Gasteiger partial charge in [-0.25, -0.2) is 4.79 Å². The van der Waals surface area contributed by atoms with Crippen molar-refractivity contribution in [2.24, 2.45) is 5.73 Å². The topological polar surface area (TPSA) is 122 Å². The predicted molar refractivity (Wildman–Crippen MR) is 108 cm³/mol. The number of hydrogen-bond acceptors (Lipinski definition) is 5. The average Bonchev–Trinajstić information content (AvgIpc) is 2.77. The molecule has 30 heavy (non-hydrogen) atoms. The molecule has 0 spiro atoms. The van der Waals surface area contributed by atoms with E-state index in [-0.39, 0.29) is 45.0 Å². The van der Waals surface area contributed by atoms with E-state index in [4.69, 9.17) is 10.5 Å². The van der Waals surface area contributed by atoms with Crippen molar-refractivity contribution in [3.8, 4) is 0 Å². The number of hydrogen-bond donors (Lipinski definition) is 2. The van der Waals surface area contributed by atoms with Crippen LogP contribution in [0.3, 0.4) is 0 Å².